The van der Waals surface area contributed by atoms with Crippen molar-refractivity contribution in [1.82, 2.24) is 0 Å². The van der Waals surface area contributed by atoms with Crippen LogP contribution >= 0.6 is 0 Å². The van der Waals surface area contributed by atoms with Crippen LogP contribution in [0.4, 0.5) is 36.4 Å². The van der Waals surface area contributed by atoms with E-state index in [-0.39, 0.29) is 10.6 Å². The number of aryl methyl sites for hydroxylation is 3. The van der Waals surface area contributed by atoms with Crippen LogP contribution < -0.4 is 14.2 Å². The van der Waals surface area contributed by atoms with E-state index in [2.05, 4.69) is 14.2 Å². The molecule has 0 saturated carbocycles. The first-order valence-corrected chi connectivity index (χ1v) is 10.7. The molecule has 0 spiro atoms. The van der Waals surface area contributed by atoms with Crippen LogP contribution in [0.25, 0.3) is 0 Å². The number of hydrogen-bond acceptors (Lipinski definition) is 4. The van der Waals surface area contributed by atoms with Gasteiger partial charge in [0.1, 0.15) is 11.5 Å². The van der Waals surface area contributed by atoms with Crippen molar-refractivity contribution in [1.29, 1.82) is 0 Å². The molecule has 184 valence electrons. The van der Waals surface area contributed by atoms with Crippen LogP contribution in [0, 0.1) is 20.8 Å². The van der Waals surface area contributed by atoms with Gasteiger partial charge in [-0.2, -0.15) is 22.0 Å². The summed E-state index contributed by atoms with van der Waals surface area (Å²) in [5.41, 5.74) is 1.18. The number of benzene rings is 2. The number of rotatable bonds is 9. The molecule has 0 aliphatic heterocycles. The molecule has 2 rings (SSSR count). The Hall–Kier alpha value is -2.70. The first-order valence-electron chi connectivity index (χ1n) is 9.24. The highest BCUT2D eigenvalue weighted by atomic mass is 32.2. The summed E-state index contributed by atoms with van der Waals surface area (Å²) in [6.45, 7) is 1.27. The molecule has 2 aromatic rings. The van der Waals surface area contributed by atoms with Crippen LogP contribution in [-0.4, -0.2) is 40.2 Å². The molecule has 33 heavy (non-hydrogen) atoms. The number of sulfonamides is 1. The zero-order valence-corrected chi connectivity index (χ0v) is 18.4. The molecule has 0 aromatic heterocycles. The summed E-state index contributed by atoms with van der Waals surface area (Å²) in [7, 11) is -4.28. The van der Waals surface area contributed by atoms with Gasteiger partial charge in [-0.3, -0.25) is 4.72 Å². The first-order chi connectivity index (χ1) is 15.0. The maximum atomic E-state index is 13.2. The van der Waals surface area contributed by atoms with Crippen molar-refractivity contribution >= 4 is 15.7 Å². The van der Waals surface area contributed by atoms with E-state index in [1.165, 1.54) is 0 Å². The van der Waals surface area contributed by atoms with Crippen LogP contribution in [0.5, 0.6) is 11.5 Å². The Bertz CT molecular complexity index is 1080. The van der Waals surface area contributed by atoms with Gasteiger partial charge in [-0.1, -0.05) is 17.7 Å². The molecule has 0 fully saturated rings. The second-order valence-corrected chi connectivity index (χ2v) is 8.90. The lowest BCUT2D eigenvalue weighted by Gasteiger charge is -2.18. The third kappa shape index (κ3) is 7.41. The van der Waals surface area contributed by atoms with E-state index in [9.17, 15) is 39.2 Å². The maximum Gasteiger partial charge on any atom is 0.422 e. The zero-order valence-electron chi connectivity index (χ0n) is 17.6. The van der Waals surface area contributed by atoms with Gasteiger partial charge in [0.15, 0.2) is 13.2 Å². The molecule has 0 radical (unpaired) electrons. The highest BCUT2D eigenvalue weighted by Crippen LogP contribution is 2.32. The standard InChI is InChI=1S/C20H20F7NO4S/c1-11-4-12(2)17(13(3)5-11)33(29,30)28-14-6-15(31-9-19(23,24)18(21)22)8-16(7-14)32-10-20(25,26)27/h4-8,18,28H,9-10H2,1-3H3. The molecular weight excluding hydrogens is 483 g/mol. The van der Waals surface area contributed by atoms with E-state index in [0.717, 1.165) is 23.8 Å². The van der Waals surface area contributed by atoms with E-state index >= 15 is 0 Å². The van der Waals surface area contributed by atoms with Gasteiger partial charge in [0, 0.05) is 18.2 Å². The van der Waals surface area contributed by atoms with Gasteiger partial charge >= 0.3 is 18.5 Å². The third-order valence-electron chi connectivity index (χ3n) is 4.16. The average molecular weight is 503 g/mol. The van der Waals surface area contributed by atoms with Crippen LogP contribution in [0.3, 0.4) is 0 Å². The Morgan fingerprint density at radius 1 is 0.848 bits per heavy atom. The highest BCUT2D eigenvalue weighted by Gasteiger charge is 2.41. The Kier molecular flexibility index (Phi) is 7.77. The Morgan fingerprint density at radius 3 is 1.79 bits per heavy atom. The summed E-state index contributed by atoms with van der Waals surface area (Å²) in [6.07, 6.45) is -8.80. The van der Waals surface area contributed by atoms with Crippen LogP contribution in [0.1, 0.15) is 16.7 Å². The van der Waals surface area contributed by atoms with Crippen LogP contribution in [0.2, 0.25) is 0 Å². The second kappa shape index (κ2) is 9.65. The highest BCUT2D eigenvalue weighted by molar-refractivity contribution is 7.92. The van der Waals surface area contributed by atoms with Crippen molar-refractivity contribution in [3.05, 3.63) is 47.0 Å². The summed E-state index contributed by atoms with van der Waals surface area (Å²) in [4.78, 5) is -0.0959. The number of hydrogen-bond donors (Lipinski definition) is 1. The topological polar surface area (TPSA) is 64.6 Å². The van der Waals surface area contributed by atoms with E-state index in [0.29, 0.717) is 11.1 Å². The van der Waals surface area contributed by atoms with E-state index in [1.807, 2.05) is 0 Å². The molecule has 1 N–H and O–H groups in total. The predicted octanol–water partition coefficient (Wildman–Crippen LogP) is 5.63. The summed E-state index contributed by atoms with van der Waals surface area (Å²) < 4.78 is 126. The molecule has 5 nitrogen and oxygen atoms in total. The van der Waals surface area contributed by atoms with Crippen molar-refractivity contribution in [2.24, 2.45) is 0 Å². The molecule has 0 unspecified atom stereocenters. The number of halogens is 7. The number of alkyl halides is 7. The van der Waals surface area contributed by atoms with Crippen molar-refractivity contribution in [3.63, 3.8) is 0 Å². The van der Waals surface area contributed by atoms with Crippen LogP contribution in [-0.2, 0) is 10.0 Å². The molecule has 0 amide bonds. The van der Waals surface area contributed by atoms with Crippen LogP contribution in [0.15, 0.2) is 35.2 Å². The smallest absolute Gasteiger partial charge is 0.422 e. The van der Waals surface area contributed by atoms with Gasteiger partial charge in [-0.15, -0.1) is 0 Å². The Morgan fingerprint density at radius 2 is 1.33 bits per heavy atom. The lowest BCUT2D eigenvalue weighted by molar-refractivity contribution is -0.153. The third-order valence-corrected chi connectivity index (χ3v) is 5.84. The van der Waals surface area contributed by atoms with Gasteiger partial charge in [-0.25, -0.2) is 17.2 Å². The number of ether oxygens (including phenoxy) is 2. The zero-order chi connectivity index (χ0) is 25.2. The minimum atomic E-state index is -4.75. The molecule has 0 atom stereocenters. The maximum absolute atomic E-state index is 13.2. The second-order valence-electron chi connectivity index (χ2n) is 7.28. The fourth-order valence-corrected chi connectivity index (χ4v) is 4.50. The van der Waals surface area contributed by atoms with Crippen molar-refractivity contribution in [2.75, 3.05) is 17.9 Å². The fourth-order valence-electron chi connectivity index (χ4n) is 3.00. The minimum Gasteiger partial charge on any atom is -0.487 e. The van der Waals surface area contributed by atoms with E-state index in [4.69, 9.17) is 0 Å². The predicted molar refractivity (Wildman–Crippen MR) is 106 cm³/mol. The summed E-state index contributed by atoms with van der Waals surface area (Å²) in [5, 5.41) is 0. The van der Waals surface area contributed by atoms with Crippen molar-refractivity contribution in [3.8, 4) is 11.5 Å². The Labute approximate surface area is 185 Å². The number of anilines is 1. The summed E-state index contributed by atoms with van der Waals surface area (Å²) in [5.74, 6) is -5.73. The van der Waals surface area contributed by atoms with E-state index < -0.39 is 53.3 Å². The quantitative estimate of drug-likeness (QED) is 0.451. The summed E-state index contributed by atoms with van der Waals surface area (Å²) in [6, 6.07) is 5.68. The first kappa shape index (κ1) is 26.6. The van der Waals surface area contributed by atoms with Crippen molar-refractivity contribution < 1.29 is 48.6 Å². The average Bonchev–Trinajstić information content (AvgIpc) is 2.62. The molecule has 0 aliphatic carbocycles. The normalized spacial score (nSPS) is 12.7. The molecule has 0 heterocycles. The lowest BCUT2D eigenvalue weighted by atomic mass is 10.1. The number of nitrogens with one attached hydrogen (secondary N) is 1. The molecule has 2 aromatic carbocycles. The lowest BCUT2D eigenvalue weighted by Crippen LogP contribution is -2.33. The molecule has 0 bridgehead atoms. The molecular formula is C20H20F7NO4S. The molecule has 0 aliphatic rings. The van der Waals surface area contributed by atoms with Gasteiger partial charge in [-0.05, 0) is 31.9 Å². The van der Waals surface area contributed by atoms with Gasteiger partial charge < -0.3 is 9.47 Å². The molecule has 0 saturated heterocycles. The monoisotopic (exact) mass is 503 g/mol. The minimum absolute atomic E-state index is 0.0959. The van der Waals surface area contributed by atoms with Gasteiger partial charge in [0.2, 0.25) is 0 Å². The van der Waals surface area contributed by atoms with Gasteiger partial charge in [0.05, 0.1) is 10.6 Å². The summed E-state index contributed by atoms with van der Waals surface area (Å²) >= 11 is 0. The Balaban J connectivity index is 2.41. The van der Waals surface area contributed by atoms with E-state index in [1.54, 1.807) is 32.9 Å². The van der Waals surface area contributed by atoms with Crippen molar-refractivity contribution in [2.45, 2.75) is 44.2 Å². The fraction of sp³-hybridized carbons (Fsp3) is 0.400. The molecule has 13 heteroatoms. The van der Waals surface area contributed by atoms with Gasteiger partial charge in [0.25, 0.3) is 10.0 Å². The largest absolute Gasteiger partial charge is 0.487 e. The SMILES string of the molecule is Cc1cc(C)c(S(=O)(=O)Nc2cc(OCC(F)(F)F)cc(OCC(F)(F)C(F)F)c2)c(C)c1.